The molecule has 12 nitrogen and oxygen atoms in total. The number of carbonyl (C=O) groups is 6. The molecule has 1 aromatic heterocycles. The van der Waals surface area contributed by atoms with Gasteiger partial charge in [-0.2, -0.15) is 0 Å². The first-order valence-electron chi connectivity index (χ1n) is 14.7. The summed E-state index contributed by atoms with van der Waals surface area (Å²) >= 11 is 1.43. The summed E-state index contributed by atoms with van der Waals surface area (Å²) in [6.45, 7) is 4.95. The molecule has 1 fully saturated rings. The van der Waals surface area contributed by atoms with Crippen molar-refractivity contribution in [3.63, 3.8) is 0 Å². The van der Waals surface area contributed by atoms with Crippen LogP contribution in [-0.4, -0.2) is 84.6 Å². The van der Waals surface area contributed by atoms with Crippen molar-refractivity contribution in [2.45, 2.75) is 70.6 Å². The van der Waals surface area contributed by atoms with Gasteiger partial charge < -0.3 is 31.5 Å². The number of hydrogen-bond acceptors (Lipinski definition) is 7. The Labute approximate surface area is 261 Å². The number of nitrogens with one attached hydrogen (secondary N) is 5. The van der Waals surface area contributed by atoms with Crippen molar-refractivity contribution in [1.82, 2.24) is 31.5 Å². The van der Waals surface area contributed by atoms with E-state index in [1.165, 1.54) is 30.2 Å². The number of carbonyl (C=O) groups excluding carboxylic acids is 6. The lowest BCUT2D eigenvalue weighted by Crippen LogP contribution is -2.59. The Bertz CT molecular complexity index is 1300. The topological polar surface area (TPSA) is 166 Å². The molecule has 0 aliphatic carbocycles. The van der Waals surface area contributed by atoms with Gasteiger partial charge in [-0.05, 0) is 42.7 Å². The Hall–Kier alpha value is -4.26. The van der Waals surface area contributed by atoms with Crippen LogP contribution in [-0.2, 0) is 41.6 Å². The van der Waals surface area contributed by atoms with Gasteiger partial charge in [0.2, 0.25) is 35.4 Å². The van der Waals surface area contributed by atoms with Crippen molar-refractivity contribution in [2.75, 3.05) is 20.1 Å². The smallest absolute Gasteiger partial charge is 0.245 e. The second kappa shape index (κ2) is 16.6. The van der Waals surface area contributed by atoms with Crippen molar-refractivity contribution >= 4 is 46.8 Å². The normalized spacial score (nSPS) is 23.1. The summed E-state index contributed by atoms with van der Waals surface area (Å²) in [5.74, 6) is -3.28. The van der Waals surface area contributed by atoms with E-state index < -0.39 is 53.7 Å². The first kappa shape index (κ1) is 34.2. The Morgan fingerprint density at radius 2 is 1.70 bits per heavy atom. The summed E-state index contributed by atoms with van der Waals surface area (Å²) in [7, 11) is 1.48. The number of likely N-dealkylation sites (N-methyl/N-ethyl adjacent to an activating group) is 1. The van der Waals surface area contributed by atoms with Crippen molar-refractivity contribution in [3.8, 4) is 0 Å². The summed E-state index contributed by atoms with van der Waals surface area (Å²) in [4.78, 5) is 80.8. The monoisotopic (exact) mass is 626 g/mol. The maximum Gasteiger partial charge on any atom is 0.245 e. The molecule has 44 heavy (non-hydrogen) atoms. The van der Waals surface area contributed by atoms with Crippen LogP contribution in [0.2, 0.25) is 0 Å². The third-order valence-corrected chi connectivity index (χ3v) is 8.09. The van der Waals surface area contributed by atoms with Crippen molar-refractivity contribution < 1.29 is 28.8 Å². The molecular weight excluding hydrogens is 584 g/mol. The highest BCUT2D eigenvalue weighted by atomic mass is 32.1. The van der Waals surface area contributed by atoms with E-state index in [9.17, 15) is 28.8 Å². The van der Waals surface area contributed by atoms with Gasteiger partial charge in [-0.15, -0.1) is 11.3 Å². The van der Waals surface area contributed by atoms with E-state index in [4.69, 9.17) is 0 Å². The molecule has 6 amide bonds. The summed E-state index contributed by atoms with van der Waals surface area (Å²) in [6.07, 6.45) is 0.831. The SMILES string of the molecule is CC(C)[C@H]1NC(=O)[C@@H](NC(=O)Cc2cccs2)CCCNC(=O)CN(C)C(=O)[C@H](Cc2ccccc2)NC(=O)[C@@H](C)NC1=O. The lowest BCUT2D eigenvalue weighted by Gasteiger charge is -2.28. The lowest BCUT2D eigenvalue weighted by atomic mass is 10.0. The molecule has 1 aliphatic rings. The average molecular weight is 627 g/mol. The fourth-order valence-electron chi connectivity index (χ4n) is 4.74. The highest BCUT2D eigenvalue weighted by Gasteiger charge is 2.32. The van der Waals surface area contributed by atoms with E-state index in [1.54, 1.807) is 13.8 Å². The van der Waals surface area contributed by atoms with E-state index in [-0.39, 0.29) is 44.2 Å². The highest BCUT2D eigenvalue weighted by molar-refractivity contribution is 7.10. The molecule has 0 spiro atoms. The molecule has 1 aliphatic heterocycles. The van der Waals surface area contributed by atoms with Gasteiger partial charge in [-0.3, -0.25) is 28.8 Å². The largest absolute Gasteiger partial charge is 0.355 e. The first-order chi connectivity index (χ1) is 20.9. The maximum atomic E-state index is 13.4. The van der Waals surface area contributed by atoms with Crippen molar-refractivity contribution in [1.29, 1.82) is 0 Å². The van der Waals surface area contributed by atoms with Crippen LogP contribution < -0.4 is 26.6 Å². The number of amides is 6. The number of thiophene rings is 1. The van der Waals surface area contributed by atoms with Gasteiger partial charge in [-0.25, -0.2) is 0 Å². The molecule has 1 saturated heterocycles. The number of benzene rings is 1. The van der Waals surface area contributed by atoms with Crippen LogP contribution in [0.3, 0.4) is 0 Å². The van der Waals surface area contributed by atoms with Gasteiger partial charge >= 0.3 is 0 Å². The van der Waals surface area contributed by atoms with Crippen LogP contribution in [0.5, 0.6) is 0 Å². The average Bonchev–Trinajstić information content (AvgIpc) is 3.49. The molecule has 2 aromatic rings. The molecule has 238 valence electrons. The molecule has 0 unspecified atom stereocenters. The van der Waals surface area contributed by atoms with Crippen LogP contribution in [0.1, 0.15) is 44.1 Å². The van der Waals surface area contributed by atoms with Crippen LogP contribution in [0.15, 0.2) is 47.8 Å². The minimum atomic E-state index is -1.04. The van der Waals surface area contributed by atoms with E-state index in [2.05, 4.69) is 26.6 Å². The minimum absolute atomic E-state index is 0.102. The van der Waals surface area contributed by atoms with E-state index in [0.29, 0.717) is 6.42 Å². The first-order valence-corrected chi connectivity index (χ1v) is 15.6. The van der Waals surface area contributed by atoms with Crippen LogP contribution in [0.4, 0.5) is 0 Å². The molecule has 3 rings (SSSR count). The molecule has 13 heteroatoms. The number of hydrogen-bond donors (Lipinski definition) is 5. The highest BCUT2D eigenvalue weighted by Crippen LogP contribution is 2.11. The van der Waals surface area contributed by atoms with Crippen molar-refractivity contribution in [3.05, 3.63) is 58.3 Å². The van der Waals surface area contributed by atoms with Crippen LogP contribution in [0, 0.1) is 5.92 Å². The molecule has 1 aromatic carbocycles. The van der Waals surface area contributed by atoms with E-state index >= 15 is 0 Å². The standard InChI is InChI=1S/C31H42N6O6S/c1-19(2)27-30(42)33-20(3)28(40)35-24(16-21-10-6-5-7-11-21)31(43)37(4)18-26(39)32-14-8-13-23(29(41)36-27)34-25(38)17-22-12-9-15-44-22/h5-7,9-12,15,19-20,23-24,27H,8,13-14,16-18H2,1-4H3,(H,32,39)(H,33,42)(H,34,38)(H,35,40)(H,36,41)/t20-,23+,24+,27-/m1/s1. The van der Waals surface area contributed by atoms with E-state index in [1.807, 2.05) is 47.8 Å². The van der Waals surface area contributed by atoms with Crippen LogP contribution >= 0.6 is 11.3 Å². The minimum Gasteiger partial charge on any atom is -0.355 e. The molecule has 0 radical (unpaired) electrons. The molecule has 0 bridgehead atoms. The number of rotatable bonds is 6. The third-order valence-electron chi connectivity index (χ3n) is 7.21. The van der Waals surface area contributed by atoms with Gasteiger partial charge in [0.1, 0.15) is 24.2 Å². The second-order valence-corrected chi connectivity index (χ2v) is 12.3. The maximum absolute atomic E-state index is 13.4. The molecular formula is C31H42N6O6S. The zero-order valence-corrected chi connectivity index (χ0v) is 26.4. The van der Waals surface area contributed by atoms with Gasteiger partial charge in [0, 0.05) is 24.9 Å². The van der Waals surface area contributed by atoms with Gasteiger partial charge in [0.25, 0.3) is 0 Å². The molecule has 5 N–H and O–H groups in total. The number of nitrogens with zero attached hydrogens (tertiary/aromatic N) is 1. The zero-order valence-electron chi connectivity index (χ0n) is 25.6. The van der Waals surface area contributed by atoms with Gasteiger partial charge in [0.05, 0.1) is 13.0 Å². The molecule has 2 heterocycles. The lowest BCUT2D eigenvalue weighted by molar-refractivity contribution is -0.139. The fraction of sp³-hybridized carbons (Fsp3) is 0.484. The summed E-state index contributed by atoms with van der Waals surface area (Å²) in [5.41, 5.74) is 0.808. The van der Waals surface area contributed by atoms with E-state index in [0.717, 1.165) is 10.4 Å². The summed E-state index contributed by atoms with van der Waals surface area (Å²) in [5, 5.41) is 15.5. The Kier molecular flexibility index (Phi) is 12.9. The molecule has 4 atom stereocenters. The Balaban J connectivity index is 1.81. The molecule has 0 saturated carbocycles. The van der Waals surface area contributed by atoms with Crippen molar-refractivity contribution in [2.24, 2.45) is 5.92 Å². The van der Waals surface area contributed by atoms with Gasteiger partial charge in [-0.1, -0.05) is 50.2 Å². The quantitative estimate of drug-likeness (QED) is 0.314. The summed E-state index contributed by atoms with van der Waals surface area (Å²) < 4.78 is 0. The van der Waals surface area contributed by atoms with Crippen LogP contribution in [0.25, 0.3) is 0 Å². The third kappa shape index (κ3) is 10.5. The second-order valence-electron chi connectivity index (χ2n) is 11.3. The Morgan fingerprint density at radius 3 is 2.36 bits per heavy atom. The predicted molar refractivity (Wildman–Crippen MR) is 166 cm³/mol. The fourth-order valence-corrected chi connectivity index (χ4v) is 5.44. The zero-order chi connectivity index (χ0) is 32.2. The van der Waals surface area contributed by atoms with Gasteiger partial charge in [0.15, 0.2) is 0 Å². The predicted octanol–water partition coefficient (Wildman–Crippen LogP) is 0.517. The summed E-state index contributed by atoms with van der Waals surface area (Å²) in [6, 6.07) is 8.82. The Morgan fingerprint density at radius 1 is 0.977 bits per heavy atom.